The van der Waals surface area contributed by atoms with Gasteiger partial charge in [0.25, 0.3) is 15.2 Å². The highest BCUT2D eigenvalue weighted by atomic mass is 32.2. The Hall–Kier alpha value is -1.85. The van der Waals surface area contributed by atoms with Crippen LogP contribution in [0.25, 0.3) is 10.7 Å². The number of sulfonamides is 1. The van der Waals surface area contributed by atoms with E-state index in [-0.39, 0.29) is 10.8 Å². The average Bonchev–Trinajstić information content (AvgIpc) is 2.85. The van der Waals surface area contributed by atoms with Crippen molar-refractivity contribution >= 4 is 26.4 Å². The zero-order chi connectivity index (χ0) is 12.6. The summed E-state index contributed by atoms with van der Waals surface area (Å²) in [6, 6.07) is 2.71. The highest BCUT2D eigenvalue weighted by molar-refractivity contribution is 7.89. The van der Waals surface area contributed by atoms with E-state index in [0.29, 0.717) is 4.88 Å². The third kappa shape index (κ3) is 2.30. The van der Waals surface area contributed by atoms with Crippen LogP contribution in [0.5, 0.6) is 0 Å². The average molecular weight is 275 g/mol. The Kier molecular flexibility index (Phi) is 2.65. The smallest absolute Gasteiger partial charge is 0.258 e. The number of nitro groups is 1. The van der Waals surface area contributed by atoms with E-state index < -0.39 is 20.1 Å². The Morgan fingerprint density at radius 3 is 2.65 bits per heavy atom. The number of rotatable bonds is 3. The highest BCUT2D eigenvalue weighted by Gasteiger charge is 2.18. The molecule has 0 radical (unpaired) electrons. The van der Waals surface area contributed by atoms with Gasteiger partial charge in [-0.25, -0.2) is 18.7 Å². The number of nitrogens with two attached hydrogens (primary N) is 1. The second kappa shape index (κ2) is 3.87. The summed E-state index contributed by atoms with van der Waals surface area (Å²) in [6.45, 7) is 0. The molecule has 0 unspecified atom stereocenters. The number of aromatic amines is 1. The van der Waals surface area contributed by atoms with Crippen molar-refractivity contribution in [1.82, 2.24) is 15.2 Å². The van der Waals surface area contributed by atoms with E-state index in [2.05, 4.69) is 15.2 Å². The zero-order valence-electron chi connectivity index (χ0n) is 8.02. The first kappa shape index (κ1) is 11.6. The van der Waals surface area contributed by atoms with Crippen molar-refractivity contribution in [2.45, 2.75) is 5.16 Å². The molecule has 0 atom stereocenters. The maximum atomic E-state index is 10.9. The molecular formula is C6H5N5O4S2. The molecule has 9 nitrogen and oxygen atoms in total. The van der Waals surface area contributed by atoms with E-state index in [1.54, 1.807) is 0 Å². The number of H-pyrrole nitrogens is 1. The van der Waals surface area contributed by atoms with Crippen molar-refractivity contribution in [1.29, 1.82) is 0 Å². The number of hydrogen-bond donors (Lipinski definition) is 2. The largest absolute Gasteiger partial charge is 0.324 e. The van der Waals surface area contributed by atoms with Crippen molar-refractivity contribution < 1.29 is 13.3 Å². The van der Waals surface area contributed by atoms with E-state index in [0.717, 1.165) is 11.3 Å². The Labute approximate surface area is 98.5 Å². The number of nitrogens with zero attached hydrogens (tertiary/aromatic N) is 3. The SMILES string of the molecule is NS(=O)(=O)c1nc(-c2ccc([N+](=O)[O-])s2)n[nH]1. The number of hydrogen-bond acceptors (Lipinski definition) is 7. The molecule has 0 aliphatic heterocycles. The lowest BCUT2D eigenvalue weighted by Gasteiger charge is -1.86. The maximum Gasteiger partial charge on any atom is 0.324 e. The van der Waals surface area contributed by atoms with Crippen LogP contribution in [0.1, 0.15) is 0 Å². The molecule has 2 heterocycles. The minimum atomic E-state index is -3.96. The van der Waals surface area contributed by atoms with Gasteiger partial charge in [-0.3, -0.25) is 10.1 Å². The topological polar surface area (TPSA) is 145 Å². The zero-order valence-corrected chi connectivity index (χ0v) is 9.66. The van der Waals surface area contributed by atoms with Crippen LogP contribution < -0.4 is 5.14 Å². The molecule has 0 spiro atoms. The maximum absolute atomic E-state index is 10.9. The van der Waals surface area contributed by atoms with Gasteiger partial charge in [0.1, 0.15) is 0 Å². The molecule has 0 bridgehead atoms. The van der Waals surface area contributed by atoms with E-state index in [1.807, 2.05) is 0 Å². The van der Waals surface area contributed by atoms with Crippen LogP contribution in [0.3, 0.4) is 0 Å². The lowest BCUT2D eigenvalue weighted by atomic mass is 10.4. The number of aromatic nitrogens is 3. The molecule has 11 heteroatoms. The minimum Gasteiger partial charge on any atom is -0.258 e. The monoisotopic (exact) mass is 275 g/mol. The normalized spacial score (nSPS) is 11.6. The second-order valence-electron chi connectivity index (χ2n) is 2.90. The fraction of sp³-hybridized carbons (Fsp3) is 0. The van der Waals surface area contributed by atoms with Gasteiger partial charge < -0.3 is 0 Å². The van der Waals surface area contributed by atoms with Crippen LogP contribution in [0, 0.1) is 10.1 Å². The summed E-state index contributed by atoms with van der Waals surface area (Å²) in [5.41, 5.74) is 0. The van der Waals surface area contributed by atoms with Crippen molar-refractivity contribution in [2.24, 2.45) is 5.14 Å². The van der Waals surface area contributed by atoms with E-state index in [4.69, 9.17) is 5.14 Å². The summed E-state index contributed by atoms with van der Waals surface area (Å²) in [5, 5.41) is 20.5. The Bertz CT molecular complexity index is 672. The van der Waals surface area contributed by atoms with E-state index >= 15 is 0 Å². The summed E-state index contributed by atoms with van der Waals surface area (Å²) in [5.74, 6) is 0.0483. The molecule has 2 rings (SSSR count). The molecule has 0 saturated carbocycles. The van der Waals surface area contributed by atoms with Gasteiger partial charge in [0.05, 0.1) is 9.80 Å². The molecule has 17 heavy (non-hydrogen) atoms. The first-order valence-corrected chi connectivity index (χ1v) is 6.44. The third-order valence-electron chi connectivity index (χ3n) is 1.73. The number of nitrogens with one attached hydrogen (secondary N) is 1. The van der Waals surface area contributed by atoms with Gasteiger partial charge in [-0.1, -0.05) is 11.3 Å². The van der Waals surface area contributed by atoms with Crippen LogP contribution in [-0.4, -0.2) is 28.5 Å². The van der Waals surface area contributed by atoms with Gasteiger partial charge in [0.2, 0.25) is 0 Å². The summed E-state index contributed by atoms with van der Waals surface area (Å²) in [7, 11) is -3.96. The molecule has 2 aromatic heterocycles. The minimum absolute atomic E-state index is 0.0483. The molecule has 0 aliphatic rings. The molecule has 0 aromatic carbocycles. The summed E-state index contributed by atoms with van der Waals surface area (Å²) >= 11 is 0.838. The van der Waals surface area contributed by atoms with E-state index in [9.17, 15) is 18.5 Å². The lowest BCUT2D eigenvalue weighted by molar-refractivity contribution is -0.380. The highest BCUT2D eigenvalue weighted by Crippen LogP contribution is 2.30. The predicted molar refractivity (Wildman–Crippen MR) is 57.7 cm³/mol. The van der Waals surface area contributed by atoms with Crippen molar-refractivity contribution in [3.8, 4) is 10.7 Å². The first-order valence-electron chi connectivity index (χ1n) is 4.08. The fourth-order valence-corrected chi connectivity index (χ4v) is 2.17. The quantitative estimate of drug-likeness (QED) is 0.599. The Morgan fingerprint density at radius 1 is 1.47 bits per heavy atom. The molecule has 90 valence electrons. The standard InChI is InChI=1S/C6H5N5O4S2/c7-17(14,15)6-8-5(9-10-6)3-1-2-4(16-3)11(12)13/h1-2H,(H2,7,14,15)(H,8,9,10). The summed E-state index contributed by atoms with van der Waals surface area (Å²) in [4.78, 5) is 13.9. The van der Waals surface area contributed by atoms with Crippen LogP contribution >= 0.6 is 11.3 Å². The van der Waals surface area contributed by atoms with Crippen LogP contribution in [0.2, 0.25) is 0 Å². The fourth-order valence-electron chi connectivity index (χ4n) is 1.03. The van der Waals surface area contributed by atoms with Gasteiger partial charge in [0, 0.05) is 6.07 Å². The van der Waals surface area contributed by atoms with Crippen molar-refractivity contribution in [2.75, 3.05) is 0 Å². The van der Waals surface area contributed by atoms with Crippen LogP contribution in [0.15, 0.2) is 17.3 Å². The molecular weight excluding hydrogens is 270 g/mol. The molecule has 0 fully saturated rings. The van der Waals surface area contributed by atoms with Crippen molar-refractivity contribution in [3.05, 3.63) is 22.2 Å². The number of thiophene rings is 1. The van der Waals surface area contributed by atoms with E-state index in [1.165, 1.54) is 12.1 Å². The van der Waals surface area contributed by atoms with Gasteiger partial charge >= 0.3 is 5.00 Å². The molecule has 0 amide bonds. The van der Waals surface area contributed by atoms with Crippen molar-refractivity contribution in [3.63, 3.8) is 0 Å². The number of primary sulfonamides is 1. The summed E-state index contributed by atoms with van der Waals surface area (Å²) < 4.78 is 21.9. The van der Waals surface area contributed by atoms with Crippen LogP contribution in [-0.2, 0) is 10.0 Å². The van der Waals surface area contributed by atoms with Gasteiger partial charge in [-0.15, -0.1) is 0 Å². The Morgan fingerprint density at radius 2 is 2.18 bits per heavy atom. The molecule has 2 aromatic rings. The Balaban J connectivity index is 2.40. The van der Waals surface area contributed by atoms with Gasteiger partial charge in [-0.2, -0.15) is 10.1 Å². The van der Waals surface area contributed by atoms with Gasteiger partial charge in [0.15, 0.2) is 5.82 Å². The third-order valence-corrected chi connectivity index (χ3v) is 3.48. The first-order chi connectivity index (χ1) is 7.88. The second-order valence-corrected chi connectivity index (χ2v) is 5.44. The lowest BCUT2D eigenvalue weighted by Crippen LogP contribution is -2.13. The van der Waals surface area contributed by atoms with Crippen LogP contribution in [0.4, 0.5) is 5.00 Å². The summed E-state index contributed by atoms with van der Waals surface area (Å²) in [6.07, 6.45) is 0. The van der Waals surface area contributed by atoms with Gasteiger partial charge in [-0.05, 0) is 6.07 Å². The molecule has 0 aliphatic carbocycles. The molecule has 0 saturated heterocycles. The molecule has 3 N–H and O–H groups in total. The predicted octanol–water partition coefficient (Wildman–Crippen LogP) is 0.0888.